The number of nitrogens with two attached hydrogens (primary N) is 1. The third kappa shape index (κ3) is 2.93. The quantitative estimate of drug-likeness (QED) is 0.916. The summed E-state index contributed by atoms with van der Waals surface area (Å²) in [6, 6.07) is 8.08. The number of hydrogen-bond acceptors (Lipinski definition) is 5. The fraction of sp³-hybridized carbons (Fsp3) is 0.286. The van der Waals surface area contributed by atoms with Crippen LogP contribution >= 0.6 is 0 Å². The van der Waals surface area contributed by atoms with Crippen molar-refractivity contribution in [2.45, 2.75) is 13.8 Å². The van der Waals surface area contributed by atoms with Crippen LogP contribution in [0.1, 0.15) is 11.1 Å². The van der Waals surface area contributed by atoms with Gasteiger partial charge in [0.25, 0.3) is 0 Å². The molecular formula is C14H18N4O. The second kappa shape index (κ2) is 5.14. The van der Waals surface area contributed by atoms with Crippen LogP contribution in [0.25, 0.3) is 0 Å². The smallest absolute Gasteiger partial charge is 0.225 e. The molecule has 0 aliphatic rings. The van der Waals surface area contributed by atoms with E-state index < -0.39 is 0 Å². The lowest BCUT2D eigenvalue weighted by Crippen LogP contribution is -2.13. The van der Waals surface area contributed by atoms with E-state index in [1.807, 2.05) is 11.9 Å². The molecule has 5 nitrogen and oxygen atoms in total. The SMILES string of the molecule is COc1cc(N(C)c2cc(C)cc(C)c2)nc(N)n1. The minimum absolute atomic E-state index is 0.200. The van der Waals surface area contributed by atoms with Crippen LogP contribution < -0.4 is 15.4 Å². The highest BCUT2D eigenvalue weighted by Crippen LogP contribution is 2.26. The summed E-state index contributed by atoms with van der Waals surface area (Å²) in [5.41, 5.74) is 9.14. The fourth-order valence-corrected chi connectivity index (χ4v) is 1.98. The maximum atomic E-state index is 5.68. The Morgan fingerprint density at radius 1 is 1.05 bits per heavy atom. The molecule has 2 N–H and O–H groups in total. The van der Waals surface area contributed by atoms with Crippen LogP contribution in [0.15, 0.2) is 24.3 Å². The van der Waals surface area contributed by atoms with E-state index in [0.29, 0.717) is 11.7 Å². The number of ether oxygens (including phenoxy) is 1. The predicted octanol–water partition coefficient (Wildman–Crippen LogP) is 2.45. The van der Waals surface area contributed by atoms with E-state index in [1.54, 1.807) is 13.2 Å². The summed E-state index contributed by atoms with van der Waals surface area (Å²) in [4.78, 5) is 10.2. The molecule has 0 unspecified atom stereocenters. The van der Waals surface area contributed by atoms with Gasteiger partial charge in [0.05, 0.1) is 7.11 Å². The first-order valence-electron chi connectivity index (χ1n) is 6.00. The van der Waals surface area contributed by atoms with Crippen LogP contribution in [0, 0.1) is 13.8 Å². The van der Waals surface area contributed by atoms with Gasteiger partial charge >= 0.3 is 0 Å². The van der Waals surface area contributed by atoms with Gasteiger partial charge in [0.15, 0.2) is 0 Å². The largest absolute Gasteiger partial charge is 0.481 e. The number of hydrogen-bond donors (Lipinski definition) is 1. The number of benzene rings is 1. The second-order valence-electron chi connectivity index (χ2n) is 4.53. The number of anilines is 3. The number of aryl methyl sites for hydroxylation is 2. The Morgan fingerprint density at radius 3 is 2.26 bits per heavy atom. The molecule has 0 saturated heterocycles. The van der Waals surface area contributed by atoms with Crippen LogP contribution in [0.3, 0.4) is 0 Å². The summed E-state index contributed by atoms with van der Waals surface area (Å²) in [6.07, 6.45) is 0. The summed E-state index contributed by atoms with van der Waals surface area (Å²) in [5.74, 6) is 1.36. The van der Waals surface area contributed by atoms with Gasteiger partial charge in [-0.25, -0.2) is 0 Å². The molecule has 0 amide bonds. The predicted molar refractivity (Wildman–Crippen MR) is 77.0 cm³/mol. The molecule has 0 aliphatic heterocycles. The zero-order valence-electron chi connectivity index (χ0n) is 11.6. The zero-order chi connectivity index (χ0) is 14.0. The average Bonchev–Trinajstić information content (AvgIpc) is 2.35. The lowest BCUT2D eigenvalue weighted by atomic mass is 10.1. The molecule has 5 heteroatoms. The van der Waals surface area contributed by atoms with Gasteiger partial charge in [-0.2, -0.15) is 9.97 Å². The van der Waals surface area contributed by atoms with Crippen LogP contribution in [0.5, 0.6) is 5.88 Å². The Balaban J connectivity index is 2.43. The van der Waals surface area contributed by atoms with Crippen molar-refractivity contribution in [2.75, 3.05) is 24.8 Å². The number of nitrogen functional groups attached to an aromatic ring is 1. The Hall–Kier alpha value is -2.30. The number of nitrogens with zero attached hydrogens (tertiary/aromatic N) is 3. The average molecular weight is 258 g/mol. The highest BCUT2D eigenvalue weighted by Gasteiger charge is 2.10. The first-order valence-corrected chi connectivity index (χ1v) is 6.00. The second-order valence-corrected chi connectivity index (χ2v) is 4.53. The number of aromatic nitrogens is 2. The topological polar surface area (TPSA) is 64.3 Å². The van der Waals surface area contributed by atoms with E-state index in [9.17, 15) is 0 Å². The fourth-order valence-electron chi connectivity index (χ4n) is 1.98. The molecule has 100 valence electrons. The summed E-state index contributed by atoms with van der Waals surface area (Å²) in [5, 5.41) is 0. The highest BCUT2D eigenvalue weighted by atomic mass is 16.5. The number of methoxy groups -OCH3 is 1. The first kappa shape index (κ1) is 13.1. The highest BCUT2D eigenvalue weighted by molar-refractivity contribution is 5.62. The van der Waals surface area contributed by atoms with Crippen molar-refractivity contribution in [3.63, 3.8) is 0 Å². The minimum Gasteiger partial charge on any atom is -0.481 e. The van der Waals surface area contributed by atoms with Crippen LogP contribution in [-0.2, 0) is 0 Å². The molecule has 0 atom stereocenters. The summed E-state index contributed by atoms with van der Waals surface area (Å²) in [7, 11) is 3.50. The molecule has 0 bridgehead atoms. The monoisotopic (exact) mass is 258 g/mol. The Labute approximate surface area is 113 Å². The van der Waals surface area contributed by atoms with Gasteiger partial charge in [0.2, 0.25) is 11.8 Å². The maximum Gasteiger partial charge on any atom is 0.225 e. The van der Waals surface area contributed by atoms with E-state index in [4.69, 9.17) is 10.5 Å². The third-order valence-corrected chi connectivity index (χ3v) is 2.85. The minimum atomic E-state index is 0.200. The van der Waals surface area contributed by atoms with Crippen LogP contribution in [0.2, 0.25) is 0 Å². The van der Waals surface area contributed by atoms with Gasteiger partial charge in [0, 0.05) is 18.8 Å². The van der Waals surface area contributed by atoms with Gasteiger partial charge < -0.3 is 15.4 Å². The molecule has 0 saturated carbocycles. The van der Waals surface area contributed by atoms with Crippen molar-refractivity contribution in [1.82, 2.24) is 9.97 Å². The van der Waals surface area contributed by atoms with Gasteiger partial charge in [-0.3, -0.25) is 0 Å². The van der Waals surface area contributed by atoms with E-state index in [-0.39, 0.29) is 5.95 Å². The normalized spacial score (nSPS) is 10.3. The molecule has 2 rings (SSSR count). The lowest BCUT2D eigenvalue weighted by molar-refractivity contribution is 0.398. The Morgan fingerprint density at radius 2 is 1.68 bits per heavy atom. The summed E-state index contributed by atoms with van der Waals surface area (Å²) in [6.45, 7) is 4.14. The van der Waals surface area contributed by atoms with Crippen molar-refractivity contribution >= 4 is 17.5 Å². The summed E-state index contributed by atoms with van der Waals surface area (Å²) >= 11 is 0. The first-order chi connectivity index (χ1) is 8.99. The molecule has 1 aromatic heterocycles. The number of rotatable bonds is 3. The molecule has 2 aromatic rings. The molecule has 0 aliphatic carbocycles. The van der Waals surface area contributed by atoms with Crippen molar-refractivity contribution in [2.24, 2.45) is 0 Å². The van der Waals surface area contributed by atoms with Crippen molar-refractivity contribution in [3.05, 3.63) is 35.4 Å². The van der Waals surface area contributed by atoms with Crippen molar-refractivity contribution in [1.29, 1.82) is 0 Å². The molecule has 19 heavy (non-hydrogen) atoms. The van der Waals surface area contributed by atoms with Gasteiger partial charge in [0.1, 0.15) is 5.82 Å². The zero-order valence-corrected chi connectivity index (χ0v) is 11.6. The van der Waals surface area contributed by atoms with Gasteiger partial charge in [-0.05, 0) is 37.1 Å². The molecular weight excluding hydrogens is 240 g/mol. The Kier molecular flexibility index (Phi) is 3.55. The van der Waals surface area contributed by atoms with Crippen LogP contribution in [-0.4, -0.2) is 24.1 Å². The van der Waals surface area contributed by atoms with Gasteiger partial charge in [-0.1, -0.05) is 6.07 Å². The van der Waals surface area contributed by atoms with Crippen molar-refractivity contribution in [3.8, 4) is 5.88 Å². The maximum absolute atomic E-state index is 5.68. The molecule has 1 heterocycles. The molecule has 0 fully saturated rings. The third-order valence-electron chi connectivity index (χ3n) is 2.85. The molecule has 0 radical (unpaired) electrons. The van der Waals surface area contributed by atoms with E-state index in [1.165, 1.54) is 11.1 Å². The standard InChI is InChI=1S/C14H18N4O/c1-9-5-10(2)7-11(6-9)18(3)12-8-13(19-4)17-14(15)16-12/h5-8H,1-4H3,(H2,15,16,17). The van der Waals surface area contributed by atoms with Crippen LogP contribution in [0.4, 0.5) is 17.5 Å². The molecule has 1 aromatic carbocycles. The van der Waals surface area contributed by atoms with E-state index in [0.717, 1.165) is 5.69 Å². The summed E-state index contributed by atoms with van der Waals surface area (Å²) < 4.78 is 5.11. The lowest BCUT2D eigenvalue weighted by Gasteiger charge is -2.20. The van der Waals surface area contributed by atoms with E-state index >= 15 is 0 Å². The van der Waals surface area contributed by atoms with Crippen molar-refractivity contribution < 1.29 is 4.74 Å². The van der Waals surface area contributed by atoms with Gasteiger partial charge in [-0.15, -0.1) is 0 Å². The Bertz CT molecular complexity index is 578. The van der Waals surface area contributed by atoms with E-state index in [2.05, 4.69) is 42.0 Å². The molecule has 0 spiro atoms.